The minimum absolute atomic E-state index is 0.114. The van der Waals surface area contributed by atoms with Crippen molar-refractivity contribution in [2.45, 2.75) is 11.8 Å². The molecular formula is C23H23ClN2O5S. The van der Waals surface area contributed by atoms with Gasteiger partial charge in [0.2, 0.25) is 15.9 Å². The van der Waals surface area contributed by atoms with Crippen molar-refractivity contribution in [2.75, 3.05) is 26.0 Å². The number of nitrogens with one attached hydrogen (secondary N) is 1. The predicted octanol–water partition coefficient (Wildman–Crippen LogP) is 4.71. The van der Waals surface area contributed by atoms with Crippen LogP contribution in [-0.4, -0.2) is 39.3 Å². The maximum atomic E-state index is 12.7. The number of sulfonamides is 1. The summed E-state index contributed by atoms with van der Waals surface area (Å²) in [6.07, 6.45) is 0. The molecule has 0 aromatic heterocycles. The summed E-state index contributed by atoms with van der Waals surface area (Å²) in [6.45, 7) is 1.48. The van der Waals surface area contributed by atoms with Gasteiger partial charge in [-0.05, 0) is 49.4 Å². The summed E-state index contributed by atoms with van der Waals surface area (Å²) in [4.78, 5) is 12.7. The van der Waals surface area contributed by atoms with Crippen LogP contribution in [0.4, 0.5) is 5.69 Å². The van der Waals surface area contributed by atoms with E-state index in [1.807, 2.05) is 6.92 Å². The van der Waals surface area contributed by atoms with Gasteiger partial charge in [-0.25, -0.2) is 8.42 Å². The zero-order valence-electron chi connectivity index (χ0n) is 17.8. The van der Waals surface area contributed by atoms with Crippen LogP contribution in [0.3, 0.4) is 0 Å². The zero-order valence-corrected chi connectivity index (χ0v) is 19.4. The summed E-state index contributed by atoms with van der Waals surface area (Å²) in [5.41, 5.74) is 1.25. The molecule has 0 heterocycles. The lowest BCUT2D eigenvalue weighted by molar-refractivity contribution is -0.116. The lowest BCUT2D eigenvalue weighted by Crippen LogP contribution is -2.35. The van der Waals surface area contributed by atoms with E-state index in [9.17, 15) is 13.2 Å². The Morgan fingerprint density at radius 1 is 1.03 bits per heavy atom. The van der Waals surface area contributed by atoms with Crippen LogP contribution < -0.4 is 14.8 Å². The van der Waals surface area contributed by atoms with Crippen molar-refractivity contribution < 1.29 is 22.7 Å². The van der Waals surface area contributed by atoms with Gasteiger partial charge in [-0.3, -0.25) is 4.79 Å². The number of methoxy groups -OCH3 is 1. The van der Waals surface area contributed by atoms with E-state index in [2.05, 4.69) is 5.32 Å². The van der Waals surface area contributed by atoms with E-state index in [4.69, 9.17) is 21.1 Å². The second-order valence-corrected chi connectivity index (χ2v) is 9.53. The highest BCUT2D eigenvalue weighted by molar-refractivity contribution is 7.89. The van der Waals surface area contributed by atoms with Crippen LogP contribution >= 0.6 is 11.6 Å². The second-order valence-electron chi connectivity index (χ2n) is 7.04. The SMILES string of the molecule is COc1cccc(Oc2ccc(Cl)cc2NC(=O)CN(C)S(=O)(=O)c2ccc(C)cc2)c1. The fraction of sp³-hybridized carbons (Fsp3) is 0.174. The minimum atomic E-state index is -3.82. The van der Waals surface area contributed by atoms with Crippen molar-refractivity contribution in [3.05, 3.63) is 77.3 Å². The number of carbonyl (C=O) groups excluding carboxylic acids is 1. The van der Waals surface area contributed by atoms with Gasteiger partial charge in [-0.1, -0.05) is 35.4 Å². The molecule has 0 saturated heterocycles. The van der Waals surface area contributed by atoms with Crippen molar-refractivity contribution in [2.24, 2.45) is 0 Å². The van der Waals surface area contributed by atoms with E-state index in [1.165, 1.54) is 25.2 Å². The molecule has 0 radical (unpaired) electrons. The number of benzene rings is 3. The molecule has 0 aliphatic heterocycles. The van der Waals surface area contributed by atoms with Crippen molar-refractivity contribution in [1.82, 2.24) is 4.31 Å². The van der Waals surface area contributed by atoms with Crippen molar-refractivity contribution in [3.63, 3.8) is 0 Å². The van der Waals surface area contributed by atoms with Crippen molar-refractivity contribution in [1.29, 1.82) is 0 Å². The second kappa shape index (κ2) is 10.0. The van der Waals surface area contributed by atoms with Crippen LogP contribution in [0, 0.1) is 6.92 Å². The lowest BCUT2D eigenvalue weighted by Gasteiger charge is -2.18. The van der Waals surface area contributed by atoms with Gasteiger partial charge in [0, 0.05) is 18.1 Å². The molecule has 0 aliphatic carbocycles. The average Bonchev–Trinajstić information content (AvgIpc) is 2.76. The Hall–Kier alpha value is -3.07. The largest absolute Gasteiger partial charge is 0.497 e. The average molecular weight is 475 g/mol. The maximum Gasteiger partial charge on any atom is 0.243 e. The maximum absolute atomic E-state index is 12.7. The normalized spacial score (nSPS) is 11.3. The van der Waals surface area contributed by atoms with Gasteiger partial charge in [-0.2, -0.15) is 4.31 Å². The van der Waals surface area contributed by atoms with Gasteiger partial charge < -0.3 is 14.8 Å². The van der Waals surface area contributed by atoms with Gasteiger partial charge in [0.1, 0.15) is 11.5 Å². The van der Waals surface area contributed by atoms with Crippen LogP contribution in [0.2, 0.25) is 5.02 Å². The molecule has 0 unspecified atom stereocenters. The number of likely N-dealkylation sites (N-methyl/N-ethyl adjacent to an activating group) is 1. The number of hydrogen-bond donors (Lipinski definition) is 1. The Bertz CT molecular complexity index is 1210. The van der Waals surface area contributed by atoms with Gasteiger partial charge in [-0.15, -0.1) is 0 Å². The van der Waals surface area contributed by atoms with E-state index in [-0.39, 0.29) is 11.4 Å². The monoisotopic (exact) mass is 474 g/mol. The molecule has 0 aliphatic rings. The Morgan fingerprint density at radius 2 is 1.72 bits per heavy atom. The summed E-state index contributed by atoms with van der Waals surface area (Å²) in [5, 5.41) is 3.07. The predicted molar refractivity (Wildman–Crippen MR) is 124 cm³/mol. The van der Waals surface area contributed by atoms with Crippen LogP contribution in [0.25, 0.3) is 0 Å². The van der Waals surface area contributed by atoms with Crippen molar-refractivity contribution >= 4 is 33.2 Å². The molecule has 1 amide bonds. The standard InChI is InChI=1S/C23H23ClN2O5S/c1-16-7-10-20(11-8-16)32(28,29)26(2)15-23(27)25-21-13-17(24)9-12-22(21)31-19-6-4-5-18(14-19)30-3/h4-14H,15H2,1-3H3,(H,25,27). The first-order valence-electron chi connectivity index (χ1n) is 9.63. The Labute approximate surface area is 192 Å². The minimum Gasteiger partial charge on any atom is -0.497 e. The number of aryl methyl sites for hydroxylation is 1. The highest BCUT2D eigenvalue weighted by Gasteiger charge is 2.23. The third kappa shape index (κ3) is 5.79. The molecule has 7 nitrogen and oxygen atoms in total. The molecule has 0 fully saturated rings. The summed E-state index contributed by atoms with van der Waals surface area (Å²) >= 11 is 6.09. The molecule has 3 aromatic carbocycles. The first-order chi connectivity index (χ1) is 15.2. The fourth-order valence-electron chi connectivity index (χ4n) is 2.85. The van der Waals surface area contributed by atoms with Crippen LogP contribution in [0.15, 0.2) is 71.6 Å². The Morgan fingerprint density at radius 3 is 2.41 bits per heavy atom. The summed E-state index contributed by atoms with van der Waals surface area (Å²) in [7, 11) is -0.919. The number of amides is 1. The number of nitrogens with zero attached hydrogens (tertiary/aromatic N) is 1. The molecule has 0 bridgehead atoms. The third-order valence-electron chi connectivity index (χ3n) is 4.58. The number of rotatable bonds is 8. The number of ether oxygens (including phenoxy) is 2. The van der Waals surface area contributed by atoms with Crippen LogP contribution in [-0.2, 0) is 14.8 Å². The molecule has 168 valence electrons. The summed E-state index contributed by atoms with van der Waals surface area (Å²) in [5.74, 6) is 0.923. The summed E-state index contributed by atoms with van der Waals surface area (Å²) < 4.78 is 37.5. The highest BCUT2D eigenvalue weighted by Crippen LogP contribution is 2.33. The number of anilines is 1. The van der Waals surface area contributed by atoms with E-state index >= 15 is 0 Å². The molecule has 32 heavy (non-hydrogen) atoms. The van der Waals surface area contributed by atoms with Gasteiger partial charge >= 0.3 is 0 Å². The molecule has 9 heteroatoms. The molecule has 1 N–H and O–H groups in total. The van der Waals surface area contributed by atoms with E-state index in [0.717, 1.165) is 9.87 Å². The number of halogens is 1. The topological polar surface area (TPSA) is 84.9 Å². The molecule has 0 spiro atoms. The van der Waals surface area contributed by atoms with E-state index in [0.29, 0.717) is 28.0 Å². The number of carbonyl (C=O) groups is 1. The van der Waals surface area contributed by atoms with Crippen molar-refractivity contribution in [3.8, 4) is 17.2 Å². The molecule has 0 saturated carbocycles. The quantitative estimate of drug-likeness (QED) is 0.511. The Balaban J connectivity index is 1.75. The highest BCUT2D eigenvalue weighted by atomic mass is 35.5. The first kappa shape index (κ1) is 23.6. The lowest BCUT2D eigenvalue weighted by atomic mass is 10.2. The third-order valence-corrected chi connectivity index (χ3v) is 6.63. The van der Waals surface area contributed by atoms with Crippen LogP contribution in [0.5, 0.6) is 17.2 Å². The molecule has 3 aromatic rings. The fourth-order valence-corrected chi connectivity index (χ4v) is 4.15. The molecule has 0 atom stereocenters. The molecule has 3 rings (SSSR count). The first-order valence-corrected chi connectivity index (χ1v) is 11.4. The molecular weight excluding hydrogens is 452 g/mol. The van der Waals surface area contributed by atoms with Gasteiger partial charge in [0.25, 0.3) is 0 Å². The van der Waals surface area contributed by atoms with Crippen LogP contribution in [0.1, 0.15) is 5.56 Å². The smallest absolute Gasteiger partial charge is 0.243 e. The summed E-state index contributed by atoms with van der Waals surface area (Å²) in [6, 6.07) is 18.2. The van der Waals surface area contributed by atoms with E-state index in [1.54, 1.807) is 55.6 Å². The number of hydrogen-bond acceptors (Lipinski definition) is 5. The van der Waals surface area contributed by atoms with Gasteiger partial charge in [0.15, 0.2) is 5.75 Å². The Kier molecular flexibility index (Phi) is 7.40. The van der Waals surface area contributed by atoms with Gasteiger partial charge in [0.05, 0.1) is 24.2 Å². The zero-order chi connectivity index (χ0) is 23.3. The van der Waals surface area contributed by atoms with E-state index < -0.39 is 15.9 Å².